The van der Waals surface area contributed by atoms with Gasteiger partial charge < -0.3 is 15.0 Å². The van der Waals surface area contributed by atoms with Gasteiger partial charge in [-0.25, -0.2) is 0 Å². The Kier molecular flexibility index (Phi) is 8.10. The van der Waals surface area contributed by atoms with Crippen LogP contribution in [-0.2, 0) is 0 Å². The summed E-state index contributed by atoms with van der Waals surface area (Å²) in [6.45, 7) is 8.59. The second-order valence-corrected chi connectivity index (χ2v) is 7.20. The van der Waals surface area contributed by atoms with Gasteiger partial charge >= 0.3 is 0 Å². The molecule has 0 aliphatic carbocycles. The van der Waals surface area contributed by atoms with E-state index < -0.39 is 0 Å². The largest absolute Gasteiger partial charge is 0.496 e. The van der Waals surface area contributed by atoms with E-state index in [0.717, 1.165) is 43.2 Å². The predicted molar refractivity (Wildman–Crippen MR) is 129 cm³/mol. The zero-order chi connectivity index (χ0) is 21.2. The van der Waals surface area contributed by atoms with Crippen molar-refractivity contribution in [2.24, 2.45) is 0 Å². The molecule has 0 atom stereocenters. The van der Waals surface area contributed by atoms with Gasteiger partial charge in [-0.3, -0.25) is 0 Å². The number of rotatable bonds is 10. The Morgan fingerprint density at radius 2 is 1.47 bits per heavy atom. The number of methoxy groups -OCH3 is 1. The second-order valence-electron chi connectivity index (χ2n) is 7.20. The molecule has 3 aromatic rings. The van der Waals surface area contributed by atoms with Crippen LogP contribution in [0.2, 0.25) is 0 Å². The first-order valence-corrected chi connectivity index (χ1v) is 10.7. The lowest BCUT2D eigenvalue weighted by Crippen LogP contribution is -2.28. The van der Waals surface area contributed by atoms with Crippen molar-refractivity contribution in [3.05, 3.63) is 95.6 Å². The number of ether oxygens (including phenoxy) is 1. The smallest absolute Gasteiger partial charge is 0.126 e. The minimum Gasteiger partial charge on any atom is -0.496 e. The number of benzene rings is 3. The highest BCUT2D eigenvalue weighted by molar-refractivity contribution is 5.92. The van der Waals surface area contributed by atoms with Crippen LogP contribution in [-0.4, -0.2) is 38.2 Å². The molecule has 0 heterocycles. The predicted octanol–water partition coefficient (Wildman–Crippen LogP) is 6.04. The highest BCUT2D eigenvalue weighted by Crippen LogP contribution is 2.30. The van der Waals surface area contributed by atoms with Crippen molar-refractivity contribution >= 4 is 17.3 Å². The molecule has 0 fully saturated rings. The maximum Gasteiger partial charge on any atom is 0.126 e. The van der Waals surface area contributed by atoms with Crippen LogP contribution < -0.4 is 10.1 Å². The lowest BCUT2D eigenvalue weighted by Gasteiger charge is -2.18. The fourth-order valence-corrected chi connectivity index (χ4v) is 3.56. The average molecular weight is 401 g/mol. The Hall–Kier alpha value is -3.04. The zero-order valence-corrected chi connectivity index (χ0v) is 18.3. The second kappa shape index (κ2) is 11.2. The van der Waals surface area contributed by atoms with Crippen molar-refractivity contribution in [2.75, 3.05) is 38.6 Å². The average Bonchev–Trinajstić information content (AvgIpc) is 2.81. The fourth-order valence-electron chi connectivity index (χ4n) is 3.56. The minimum atomic E-state index is 0.876. The maximum absolute atomic E-state index is 5.56. The van der Waals surface area contributed by atoms with Gasteiger partial charge in [-0.1, -0.05) is 74.5 Å². The van der Waals surface area contributed by atoms with Gasteiger partial charge in [0, 0.05) is 24.3 Å². The van der Waals surface area contributed by atoms with E-state index in [1.807, 2.05) is 24.3 Å². The van der Waals surface area contributed by atoms with Gasteiger partial charge in [0.1, 0.15) is 5.75 Å². The van der Waals surface area contributed by atoms with Gasteiger partial charge in [-0.15, -0.1) is 0 Å². The molecule has 0 aliphatic rings. The molecular weight excluding hydrogens is 368 g/mol. The standard InChI is InChI=1S/C27H32N2O/c1-4-29(5-2)20-19-28-25-17-15-23(16-18-25)26(22-11-7-6-8-12-22)21-24-13-9-10-14-27(24)30-3/h6-18,21,28H,4-5,19-20H2,1-3H3. The van der Waals surface area contributed by atoms with Gasteiger partial charge in [-0.2, -0.15) is 0 Å². The van der Waals surface area contributed by atoms with Crippen molar-refractivity contribution < 1.29 is 4.74 Å². The van der Waals surface area contributed by atoms with Crippen LogP contribution in [0.4, 0.5) is 5.69 Å². The van der Waals surface area contributed by atoms with Crippen LogP contribution >= 0.6 is 0 Å². The van der Waals surface area contributed by atoms with Gasteiger partial charge in [-0.05, 0) is 54.1 Å². The zero-order valence-electron chi connectivity index (χ0n) is 18.3. The summed E-state index contributed by atoms with van der Waals surface area (Å²) in [6.07, 6.45) is 2.21. The highest BCUT2D eigenvalue weighted by Gasteiger charge is 2.08. The SMILES string of the molecule is CCN(CC)CCNc1ccc(C(=Cc2ccccc2OC)c2ccccc2)cc1. The van der Waals surface area contributed by atoms with Crippen molar-refractivity contribution in [3.63, 3.8) is 0 Å². The van der Waals surface area contributed by atoms with E-state index in [9.17, 15) is 0 Å². The van der Waals surface area contributed by atoms with E-state index in [-0.39, 0.29) is 0 Å². The molecule has 0 saturated carbocycles. The van der Waals surface area contributed by atoms with Gasteiger partial charge in [0.2, 0.25) is 0 Å². The van der Waals surface area contributed by atoms with Crippen LogP contribution in [0.5, 0.6) is 5.75 Å². The molecule has 0 amide bonds. The summed E-state index contributed by atoms with van der Waals surface area (Å²) >= 11 is 0. The summed E-state index contributed by atoms with van der Waals surface area (Å²) in [4.78, 5) is 2.42. The Labute approximate surface area is 181 Å². The molecule has 3 nitrogen and oxygen atoms in total. The van der Waals surface area contributed by atoms with Crippen molar-refractivity contribution in [1.82, 2.24) is 4.90 Å². The number of hydrogen-bond acceptors (Lipinski definition) is 3. The van der Waals surface area contributed by atoms with Crippen molar-refractivity contribution in [2.45, 2.75) is 13.8 Å². The molecule has 3 aromatic carbocycles. The van der Waals surface area contributed by atoms with Gasteiger partial charge in [0.25, 0.3) is 0 Å². The molecule has 30 heavy (non-hydrogen) atoms. The summed E-state index contributed by atoms with van der Waals surface area (Å²) < 4.78 is 5.56. The summed E-state index contributed by atoms with van der Waals surface area (Å²) in [5, 5.41) is 3.54. The Bertz CT molecular complexity index is 929. The normalized spacial score (nSPS) is 11.5. The van der Waals surface area contributed by atoms with Gasteiger partial charge in [0.15, 0.2) is 0 Å². The van der Waals surface area contributed by atoms with Crippen molar-refractivity contribution in [1.29, 1.82) is 0 Å². The third kappa shape index (κ3) is 5.74. The van der Waals surface area contributed by atoms with E-state index in [1.54, 1.807) is 7.11 Å². The molecule has 3 heteroatoms. The van der Waals surface area contributed by atoms with E-state index in [1.165, 1.54) is 16.7 Å². The quantitative estimate of drug-likeness (QED) is 0.420. The topological polar surface area (TPSA) is 24.5 Å². The Morgan fingerprint density at radius 3 is 2.13 bits per heavy atom. The van der Waals surface area contributed by atoms with Crippen LogP contribution in [0.15, 0.2) is 78.9 Å². The maximum atomic E-state index is 5.56. The highest BCUT2D eigenvalue weighted by atomic mass is 16.5. The first-order chi connectivity index (χ1) is 14.7. The third-order valence-corrected chi connectivity index (χ3v) is 5.37. The number of nitrogens with zero attached hydrogens (tertiary/aromatic N) is 1. The number of nitrogens with one attached hydrogen (secondary N) is 1. The monoisotopic (exact) mass is 400 g/mol. The lowest BCUT2D eigenvalue weighted by atomic mass is 9.95. The summed E-state index contributed by atoms with van der Waals surface area (Å²) in [5.41, 5.74) is 5.76. The molecule has 0 radical (unpaired) electrons. The molecule has 0 aromatic heterocycles. The van der Waals surface area contributed by atoms with Crippen LogP contribution in [0.25, 0.3) is 11.6 Å². The molecule has 3 rings (SSSR count). The molecule has 0 bridgehead atoms. The van der Waals surface area contributed by atoms with E-state index >= 15 is 0 Å². The molecule has 1 N–H and O–H groups in total. The Balaban J connectivity index is 1.85. The van der Waals surface area contributed by atoms with E-state index in [4.69, 9.17) is 4.74 Å². The molecule has 156 valence electrons. The molecule has 0 unspecified atom stereocenters. The summed E-state index contributed by atoms with van der Waals surface area (Å²) in [7, 11) is 1.72. The lowest BCUT2D eigenvalue weighted by molar-refractivity contribution is 0.316. The van der Waals surface area contributed by atoms with E-state index in [0.29, 0.717) is 0 Å². The number of hydrogen-bond donors (Lipinski definition) is 1. The molecule has 0 spiro atoms. The van der Waals surface area contributed by atoms with Crippen LogP contribution in [0, 0.1) is 0 Å². The molecule has 0 aliphatic heterocycles. The third-order valence-electron chi connectivity index (χ3n) is 5.37. The first-order valence-electron chi connectivity index (χ1n) is 10.7. The van der Waals surface area contributed by atoms with E-state index in [2.05, 4.69) is 84.7 Å². The fraction of sp³-hybridized carbons (Fsp3) is 0.259. The first kappa shape index (κ1) is 21.7. The Morgan fingerprint density at radius 1 is 0.833 bits per heavy atom. The molecular formula is C27H32N2O. The summed E-state index contributed by atoms with van der Waals surface area (Å²) in [5.74, 6) is 0.876. The van der Waals surface area contributed by atoms with Gasteiger partial charge in [0.05, 0.1) is 7.11 Å². The minimum absolute atomic E-state index is 0.876. The van der Waals surface area contributed by atoms with Crippen LogP contribution in [0.3, 0.4) is 0 Å². The van der Waals surface area contributed by atoms with Crippen LogP contribution in [0.1, 0.15) is 30.5 Å². The number of anilines is 1. The summed E-state index contributed by atoms with van der Waals surface area (Å²) in [6, 6.07) is 27.3. The number of likely N-dealkylation sites (N-methyl/N-ethyl adjacent to an activating group) is 1. The number of para-hydroxylation sites is 1. The van der Waals surface area contributed by atoms with Crippen molar-refractivity contribution in [3.8, 4) is 5.75 Å². The molecule has 0 saturated heterocycles.